The van der Waals surface area contributed by atoms with Gasteiger partial charge in [-0.15, -0.1) is 11.8 Å². The minimum absolute atomic E-state index is 0.0104. The second-order valence-electron chi connectivity index (χ2n) is 7.40. The molecule has 7 heteroatoms. The van der Waals surface area contributed by atoms with E-state index in [2.05, 4.69) is 4.98 Å². The van der Waals surface area contributed by atoms with Crippen LogP contribution in [-0.4, -0.2) is 27.9 Å². The molecule has 0 spiro atoms. The average molecular weight is 389 g/mol. The van der Waals surface area contributed by atoms with Crippen molar-refractivity contribution in [2.45, 2.75) is 35.5 Å². The molecule has 2 aromatic rings. The van der Waals surface area contributed by atoms with E-state index in [-0.39, 0.29) is 17.4 Å². The first kappa shape index (κ1) is 16.4. The molecule has 1 aromatic heterocycles. The van der Waals surface area contributed by atoms with Gasteiger partial charge in [0.05, 0.1) is 5.03 Å². The molecular formula is C19H19NO4S2. The van der Waals surface area contributed by atoms with Gasteiger partial charge in [-0.1, -0.05) is 29.5 Å². The summed E-state index contributed by atoms with van der Waals surface area (Å²) in [6.45, 7) is -0.352. The third-order valence-electron chi connectivity index (χ3n) is 6.07. The van der Waals surface area contributed by atoms with Crippen LogP contribution in [0.1, 0.15) is 35.6 Å². The Hall–Kier alpha value is -1.73. The number of thioether (sulfide) groups is 1. The van der Waals surface area contributed by atoms with Crippen LogP contribution in [0.4, 0.5) is 0 Å². The Balaban J connectivity index is 1.62. The Morgan fingerprint density at radius 2 is 2.08 bits per heavy atom. The van der Waals surface area contributed by atoms with E-state index in [0.717, 1.165) is 21.4 Å². The molecule has 2 bridgehead atoms. The van der Waals surface area contributed by atoms with Crippen molar-refractivity contribution < 1.29 is 14.6 Å². The Morgan fingerprint density at radius 3 is 2.92 bits per heavy atom. The van der Waals surface area contributed by atoms with Crippen molar-refractivity contribution in [3.05, 3.63) is 44.4 Å². The molecule has 136 valence electrons. The number of rotatable bonds is 4. The molecule has 1 aromatic carbocycles. The molecule has 2 saturated carbocycles. The highest BCUT2D eigenvalue weighted by Gasteiger charge is 2.55. The number of thiazole rings is 1. The summed E-state index contributed by atoms with van der Waals surface area (Å²) in [6.07, 6.45) is 3.82. The van der Waals surface area contributed by atoms with E-state index in [0.29, 0.717) is 22.8 Å². The summed E-state index contributed by atoms with van der Waals surface area (Å²) in [5.41, 5.74) is 1.02. The quantitative estimate of drug-likeness (QED) is 0.836. The van der Waals surface area contributed by atoms with Gasteiger partial charge in [-0.25, -0.2) is 4.79 Å². The van der Waals surface area contributed by atoms with Crippen LogP contribution < -0.4 is 9.61 Å². The van der Waals surface area contributed by atoms with Gasteiger partial charge in [0.25, 0.3) is 0 Å². The van der Waals surface area contributed by atoms with Crippen LogP contribution in [0.3, 0.4) is 0 Å². The van der Waals surface area contributed by atoms with E-state index in [1.165, 1.54) is 30.6 Å². The summed E-state index contributed by atoms with van der Waals surface area (Å²) >= 11 is 3.15. The maximum Gasteiger partial charge on any atom is 0.341 e. The fourth-order valence-electron chi connectivity index (χ4n) is 5.21. The highest BCUT2D eigenvalue weighted by Crippen LogP contribution is 2.64. The number of para-hydroxylation sites is 1. The molecule has 0 saturated heterocycles. The average Bonchev–Trinajstić information content (AvgIpc) is 3.32. The molecule has 5 rings (SSSR count). The number of aromatic nitrogens is 1. The Bertz CT molecular complexity index is 920. The van der Waals surface area contributed by atoms with Crippen LogP contribution in [0.15, 0.2) is 34.1 Å². The Morgan fingerprint density at radius 1 is 1.27 bits per heavy atom. The van der Waals surface area contributed by atoms with Crippen molar-refractivity contribution in [1.29, 1.82) is 0 Å². The third kappa shape index (κ3) is 2.52. The van der Waals surface area contributed by atoms with E-state index < -0.39 is 5.97 Å². The van der Waals surface area contributed by atoms with Gasteiger partial charge in [-0.05, 0) is 43.1 Å². The molecule has 26 heavy (non-hydrogen) atoms. The largest absolute Gasteiger partial charge is 0.482 e. The summed E-state index contributed by atoms with van der Waals surface area (Å²) < 4.78 is 5.61. The third-order valence-corrected chi connectivity index (χ3v) is 8.69. The number of aliphatic carboxylic acids is 1. The lowest BCUT2D eigenvalue weighted by atomic mass is 9.74. The normalized spacial score (nSPS) is 31.5. The number of fused-ring (bicyclic) bond motifs is 6. The summed E-state index contributed by atoms with van der Waals surface area (Å²) in [4.78, 5) is 27.2. The zero-order valence-electron chi connectivity index (χ0n) is 14.0. The lowest BCUT2D eigenvalue weighted by Crippen LogP contribution is -2.34. The number of carboxylic acid groups (broad SMARTS) is 1. The molecule has 2 aliphatic carbocycles. The first-order valence-electron chi connectivity index (χ1n) is 8.95. The number of hydrogen-bond donors (Lipinski definition) is 2. The fourth-order valence-corrected chi connectivity index (χ4v) is 8.09. The van der Waals surface area contributed by atoms with Crippen LogP contribution in [0.25, 0.3) is 0 Å². The topological polar surface area (TPSA) is 79.4 Å². The monoisotopic (exact) mass is 389 g/mol. The van der Waals surface area contributed by atoms with Crippen molar-refractivity contribution in [3.63, 3.8) is 0 Å². The number of hydrogen-bond acceptors (Lipinski definition) is 5. The second-order valence-corrected chi connectivity index (χ2v) is 9.60. The number of nitrogens with one attached hydrogen (secondary N) is 1. The maximum absolute atomic E-state index is 12.1. The number of H-pyrrole nitrogens is 1. The van der Waals surface area contributed by atoms with Gasteiger partial charge in [-0.2, -0.15) is 0 Å². The molecule has 2 fully saturated rings. The van der Waals surface area contributed by atoms with Gasteiger partial charge in [-0.3, -0.25) is 4.79 Å². The van der Waals surface area contributed by atoms with Crippen LogP contribution in [-0.2, 0) is 4.79 Å². The number of ether oxygens (including phenoxy) is 1. The molecule has 5 atom stereocenters. The first-order chi connectivity index (χ1) is 12.6. The second kappa shape index (κ2) is 6.16. The van der Waals surface area contributed by atoms with E-state index in [9.17, 15) is 9.59 Å². The zero-order chi connectivity index (χ0) is 17.8. The summed E-state index contributed by atoms with van der Waals surface area (Å²) in [5.74, 6) is 1.65. The van der Waals surface area contributed by atoms with Gasteiger partial charge in [0.1, 0.15) is 5.75 Å². The molecule has 1 aliphatic heterocycles. The Labute approximate surface area is 158 Å². The van der Waals surface area contributed by atoms with Crippen LogP contribution >= 0.6 is 23.1 Å². The fraction of sp³-hybridized carbons (Fsp3) is 0.474. The van der Waals surface area contributed by atoms with Gasteiger partial charge in [0, 0.05) is 21.6 Å². The minimum atomic E-state index is -0.983. The van der Waals surface area contributed by atoms with Crippen molar-refractivity contribution in [2.24, 2.45) is 17.8 Å². The SMILES string of the molecule is O=C(O)COc1ccccc1[C@H]1c2sc(=O)[nH]c2S[C@@H]2[C@H]3CCC(C3)[C@H]12. The standard InChI is InChI=1S/C19H19NO4S2/c21-13(22)8-24-12-4-2-1-3-11(12)15-14-9-5-6-10(7-9)16(14)25-18-17(15)26-19(23)20-18/h1-4,9-10,14-16H,5-8H2,(H,20,23)(H,21,22)/t9?,10-,14+,15+,16+/m0/s1. The Kier molecular flexibility index (Phi) is 3.90. The molecule has 2 heterocycles. The van der Waals surface area contributed by atoms with E-state index in [4.69, 9.17) is 9.84 Å². The summed E-state index contributed by atoms with van der Waals surface area (Å²) in [5, 5.41) is 10.5. The zero-order valence-corrected chi connectivity index (χ0v) is 15.6. The van der Waals surface area contributed by atoms with Crippen LogP contribution in [0.5, 0.6) is 5.75 Å². The highest BCUT2D eigenvalue weighted by molar-refractivity contribution is 8.00. The highest BCUT2D eigenvalue weighted by atomic mass is 32.2. The minimum Gasteiger partial charge on any atom is -0.482 e. The number of benzene rings is 1. The van der Waals surface area contributed by atoms with Crippen molar-refractivity contribution in [3.8, 4) is 5.75 Å². The molecule has 1 unspecified atom stereocenters. The summed E-state index contributed by atoms with van der Waals surface area (Å²) in [7, 11) is 0. The molecule has 3 aliphatic rings. The first-order valence-corrected chi connectivity index (χ1v) is 10.6. The lowest BCUT2D eigenvalue weighted by molar-refractivity contribution is -0.139. The molecule has 0 radical (unpaired) electrons. The molecule has 0 amide bonds. The number of carboxylic acids is 1. The number of aromatic amines is 1. The van der Waals surface area contributed by atoms with E-state index >= 15 is 0 Å². The van der Waals surface area contributed by atoms with Gasteiger partial charge in [0.2, 0.25) is 0 Å². The molecule has 2 N–H and O–H groups in total. The predicted octanol–water partition coefficient (Wildman–Crippen LogP) is 3.55. The van der Waals surface area contributed by atoms with Crippen LogP contribution in [0.2, 0.25) is 0 Å². The molecule has 5 nitrogen and oxygen atoms in total. The van der Waals surface area contributed by atoms with Gasteiger partial charge < -0.3 is 14.8 Å². The smallest absolute Gasteiger partial charge is 0.341 e. The van der Waals surface area contributed by atoms with E-state index in [1.54, 1.807) is 0 Å². The van der Waals surface area contributed by atoms with E-state index in [1.807, 2.05) is 36.0 Å². The van der Waals surface area contributed by atoms with Crippen LogP contribution in [0, 0.1) is 17.8 Å². The predicted molar refractivity (Wildman–Crippen MR) is 100 cm³/mol. The van der Waals surface area contributed by atoms with Gasteiger partial charge in [0.15, 0.2) is 6.61 Å². The van der Waals surface area contributed by atoms with Crippen molar-refractivity contribution in [2.75, 3.05) is 6.61 Å². The number of carbonyl (C=O) groups is 1. The van der Waals surface area contributed by atoms with Crippen molar-refractivity contribution >= 4 is 29.1 Å². The summed E-state index contributed by atoms with van der Waals surface area (Å²) in [6, 6.07) is 7.73. The molecular weight excluding hydrogens is 370 g/mol. The van der Waals surface area contributed by atoms with Gasteiger partial charge >= 0.3 is 10.8 Å². The lowest BCUT2D eigenvalue weighted by Gasteiger charge is -2.40. The van der Waals surface area contributed by atoms with Crippen molar-refractivity contribution in [1.82, 2.24) is 4.98 Å². The maximum atomic E-state index is 12.1.